The van der Waals surface area contributed by atoms with Gasteiger partial charge in [0.2, 0.25) is 5.89 Å². The maximum atomic E-state index is 5.83. The van der Waals surface area contributed by atoms with E-state index in [0.717, 1.165) is 37.8 Å². The predicted molar refractivity (Wildman–Crippen MR) is 61.4 cm³/mol. The first-order valence-electron chi connectivity index (χ1n) is 5.61. The van der Waals surface area contributed by atoms with Crippen LogP contribution in [0.15, 0.2) is 4.52 Å². The molecule has 0 bridgehead atoms. The third kappa shape index (κ3) is 2.53. The Morgan fingerprint density at radius 3 is 2.81 bits per heavy atom. The minimum absolute atomic E-state index is 0. The highest BCUT2D eigenvalue weighted by atomic mass is 35.5. The first-order chi connectivity index (χ1) is 7.31. The highest BCUT2D eigenvalue weighted by molar-refractivity contribution is 5.85. The molecule has 16 heavy (non-hydrogen) atoms. The molecule has 2 N–H and O–H groups in total. The molecule has 1 aliphatic carbocycles. The van der Waals surface area contributed by atoms with Crippen molar-refractivity contribution in [1.29, 1.82) is 0 Å². The third-order valence-electron chi connectivity index (χ3n) is 3.09. The van der Waals surface area contributed by atoms with Gasteiger partial charge in [0.05, 0.1) is 6.54 Å². The van der Waals surface area contributed by atoms with Crippen molar-refractivity contribution in [3.8, 4) is 0 Å². The monoisotopic (exact) mass is 244 g/mol. The van der Waals surface area contributed by atoms with Crippen molar-refractivity contribution in [1.82, 2.24) is 15.0 Å². The fraction of sp³-hybridized carbons (Fsp3) is 0.800. The van der Waals surface area contributed by atoms with Crippen LogP contribution in [0.25, 0.3) is 0 Å². The Hall–Kier alpha value is -0.650. The molecule has 1 unspecified atom stereocenters. The lowest BCUT2D eigenvalue weighted by molar-refractivity contribution is 0.265. The van der Waals surface area contributed by atoms with Gasteiger partial charge in [-0.15, -0.1) is 12.4 Å². The first kappa shape index (κ1) is 11.8. The summed E-state index contributed by atoms with van der Waals surface area (Å²) in [5.41, 5.74) is 5.83. The third-order valence-corrected chi connectivity index (χ3v) is 3.09. The van der Waals surface area contributed by atoms with Crippen LogP contribution in [0, 0.1) is 0 Å². The lowest BCUT2D eigenvalue weighted by Gasteiger charge is -2.10. The molecule has 1 atom stereocenters. The number of nitrogens with zero attached hydrogens (tertiary/aromatic N) is 3. The summed E-state index contributed by atoms with van der Waals surface area (Å²) in [5, 5.41) is 4.00. The van der Waals surface area contributed by atoms with Crippen molar-refractivity contribution in [3.05, 3.63) is 11.7 Å². The van der Waals surface area contributed by atoms with Gasteiger partial charge in [-0.1, -0.05) is 5.16 Å². The summed E-state index contributed by atoms with van der Waals surface area (Å²) in [6.07, 6.45) is 3.50. The number of likely N-dealkylation sites (tertiary alicyclic amines) is 1. The van der Waals surface area contributed by atoms with Crippen LogP contribution in [-0.4, -0.2) is 34.2 Å². The fourth-order valence-electron chi connectivity index (χ4n) is 2.04. The van der Waals surface area contributed by atoms with Gasteiger partial charge >= 0.3 is 0 Å². The van der Waals surface area contributed by atoms with Gasteiger partial charge in [-0.05, 0) is 19.3 Å². The molecule has 5 nitrogen and oxygen atoms in total. The number of hydrogen-bond acceptors (Lipinski definition) is 5. The minimum atomic E-state index is 0. The molecule has 0 spiro atoms. The first-order valence-corrected chi connectivity index (χ1v) is 5.61. The van der Waals surface area contributed by atoms with Gasteiger partial charge in [0, 0.05) is 25.0 Å². The van der Waals surface area contributed by atoms with Crippen molar-refractivity contribution >= 4 is 12.4 Å². The summed E-state index contributed by atoms with van der Waals surface area (Å²) in [5.74, 6) is 2.21. The van der Waals surface area contributed by atoms with Crippen LogP contribution in [0.1, 0.15) is 36.9 Å². The van der Waals surface area contributed by atoms with Gasteiger partial charge in [0.1, 0.15) is 0 Å². The molecular weight excluding hydrogens is 228 g/mol. The zero-order valence-corrected chi connectivity index (χ0v) is 9.95. The van der Waals surface area contributed by atoms with Crippen LogP contribution < -0.4 is 5.73 Å². The second-order valence-electron chi connectivity index (χ2n) is 4.60. The lowest BCUT2D eigenvalue weighted by Crippen LogP contribution is -2.26. The maximum absolute atomic E-state index is 5.83. The van der Waals surface area contributed by atoms with Crippen LogP contribution in [0.4, 0.5) is 0 Å². The number of nitrogens with two attached hydrogens (primary N) is 1. The van der Waals surface area contributed by atoms with E-state index in [4.69, 9.17) is 10.3 Å². The van der Waals surface area contributed by atoms with Crippen molar-refractivity contribution in [2.45, 2.75) is 37.8 Å². The second kappa shape index (κ2) is 4.69. The van der Waals surface area contributed by atoms with E-state index in [0.29, 0.717) is 12.0 Å². The van der Waals surface area contributed by atoms with E-state index in [-0.39, 0.29) is 12.4 Å². The Bertz CT molecular complexity index is 352. The Balaban J connectivity index is 0.000000963. The van der Waals surface area contributed by atoms with Crippen molar-refractivity contribution in [3.63, 3.8) is 0 Å². The quantitative estimate of drug-likeness (QED) is 0.856. The summed E-state index contributed by atoms with van der Waals surface area (Å²) < 4.78 is 5.22. The summed E-state index contributed by atoms with van der Waals surface area (Å²) >= 11 is 0. The summed E-state index contributed by atoms with van der Waals surface area (Å²) in [4.78, 5) is 6.67. The van der Waals surface area contributed by atoms with Crippen LogP contribution in [-0.2, 0) is 6.54 Å². The molecule has 1 saturated heterocycles. The van der Waals surface area contributed by atoms with Crippen molar-refractivity contribution < 1.29 is 4.52 Å². The van der Waals surface area contributed by atoms with Crippen LogP contribution in [0.3, 0.4) is 0 Å². The minimum Gasteiger partial charge on any atom is -0.338 e. The Kier molecular flexibility index (Phi) is 3.47. The van der Waals surface area contributed by atoms with E-state index in [2.05, 4.69) is 15.0 Å². The largest absolute Gasteiger partial charge is 0.338 e. The van der Waals surface area contributed by atoms with Crippen LogP contribution in [0.5, 0.6) is 0 Å². The Morgan fingerprint density at radius 2 is 2.19 bits per heavy atom. The van der Waals surface area contributed by atoms with Crippen molar-refractivity contribution in [2.24, 2.45) is 5.73 Å². The molecule has 2 heterocycles. The second-order valence-corrected chi connectivity index (χ2v) is 4.60. The van der Waals surface area contributed by atoms with E-state index in [1.165, 1.54) is 12.8 Å². The Labute approximate surface area is 101 Å². The van der Waals surface area contributed by atoms with E-state index in [9.17, 15) is 0 Å². The molecular formula is C10H17ClN4O. The van der Waals surface area contributed by atoms with E-state index < -0.39 is 0 Å². The average Bonchev–Trinajstić information content (AvgIpc) is 2.84. The molecule has 1 aromatic rings. The Morgan fingerprint density at radius 1 is 1.38 bits per heavy atom. The molecule has 3 rings (SSSR count). The molecule has 1 saturated carbocycles. The number of halogens is 1. The number of rotatable bonds is 3. The fourth-order valence-corrected chi connectivity index (χ4v) is 2.04. The van der Waals surface area contributed by atoms with Gasteiger partial charge in [-0.25, -0.2) is 0 Å². The smallest absolute Gasteiger partial charge is 0.240 e. The topological polar surface area (TPSA) is 68.2 Å². The molecule has 0 radical (unpaired) electrons. The SMILES string of the molecule is Cl.NC1CCN(Cc2nc(C3CC3)no2)C1. The molecule has 2 aliphatic rings. The highest BCUT2D eigenvalue weighted by Gasteiger charge is 2.29. The molecule has 0 amide bonds. The van der Waals surface area contributed by atoms with Crippen LogP contribution >= 0.6 is 12.4 Å². The van der Waals surface area contributed by atoms with Crippen LogP contribution in [0.2, 0.25) is 0 Å². The standard InChI is InChI=1S/C10H16N4O.ClH/c11-8-3-4-14(5-8)6-9-12-10(13-15-9)7-1-2-7;/h7-8H,1-6,11H2;1H. The summed E-state index contributed by atoms with van der Waals surface area (Å²) in [6, 6.07) is 0.316. The molecule has 6 heteroatoms. The van der Waals surface area contributed by atoms with E-state index in [1.54, 1.807) is 0 Å². The van der Waals surface area contributed by atoms with Gasteiger partial charge in [-0.3, -0.25) is 4.90 Å². The average molecular weight is 245 g/mol. The van der Waals surface area contributed by atoms with Gasteiger partial charge in [0.25, 0.3) is 0 Å². The van der Waals surface area contributed by atoms with E-state index in [1.807, 2.05) is 0 Å². The van der Waals surface area contributed by atoms with Gasteiger partial charge in [-0.2, -0.15) is 4.98 Å². The molecule has 2 fully saturated rings. The zero-order chi connectivity index (χ0) is 10.3. The highest BCUT2D eigenvalue weighted by Crippen LogP contribution is 2.38. The number of hydrogen-bond donors (Lipinski definition) is 1. The van der Waals surface area contributed by atoms with Gasteiger partial charge < -0.3 is 10.3 Å². The molecule has 1 aliphatic heterocycles. The molecule has 90 valence electrons. The summed E-state index contributed by atoms with van der Waals surface area (Å²) in [6.45, 7) is 2.75. The molecule has 1 aromatic heterocycles. The maximum Gasteiger partial charge on any atom is 0.240 e. The zero-order valence-electron chi connectivity index (χ0n) is 9.13. The van der Waals surface area contributed by atoms with Crippen molar-refractivity contribution in [2.75, 3.05) is 13.1 Å². The predicted octanol–water partition coefficient (Wildman–Crippen LogP) is 0.902. The lowest BCUT2D eigenvalue weighted by atomic mass is 10.3. The molecule has 0 aromatic carbocycles. The number of aromatic nitrogens is 2. The van der Waals surface area contributed by atoms with E-state index >= 15 is 0 Å². The van der Waals surface area contributed by atoms with Gasteiger partial charge in [0.15, 0.2) is 5.82 Å². The normalized spacial score (nSPS) is 25.7. The summed E-state index contributed by atoms with van der Waals surface area (Å²) in [7, 11) is 0.